The summed E-state index contributed by atoms with van der Waals surface area (Å²) in [6.07, 6.45) is 0. The number of hydrogen-bond donors (Lipinski definition) is 1. The molecule has 0 amide bonds. The highest BCUT2D eigenvalue weighted by Gasteiger charge is 2.08. The van der Waals surface area contributed by atoms with Crippen LogP contribution < -0.4 is 10.2 Å². The van der Waals surface area contributed by atoms with Crippen molar-refractivity contribution < 1.29 is 0 Å². The lowest BCUT2D eigenvalue weighted by Gasteiger charge is -2.21. The molecule has 0 saturated heterocycles. The van der Waals surface area contributed by atoms with Crippen LogP contribution in [0.4, 0.5) is 5.69 Å². The zero-order chi connectivity index (χ0) is 14.5. The van der Waals surface area contributed by atoms with Crippen molar-refractivity contribution in [3.8, 4) is 0 Å². The molecule has 2 nitrogen and oxygen atoms in total. The van der Waals surface area contributed by atoms with Crippen LogP contribution in [0.25, 0.3) is 0 Å². The number of hydrogen-bond acceptors (Lipinski definition) is 2. The van der Waals surface area contributed by atoms with E-state index in [2.05, 4.69) is 57.5 Å². The fourth-order valence-corrected chi connectivity index (χ4v) is 2.96. The molecular weight excluding hydrogens is 336 g/mol. The minimum Gasteiger partial charge on any atom is -0.369 e. The Kier molecular flexibility index (Phi) is 5.46. The van der Waals surface area contributed by atoms with Gasteiger partial charge in [0.15, 0.2) is 0 Å². The SMILES string of the molecule is CNCc1ccc(N(C)Cc2cccc(Br)c2)c(Cl)c1. The van der Waals surface area contributed by atoms with Crippen molar-refractivity contribution in [1.29, 1.82) is 0 Å². The van der Waals surface area contributed by atoms with Crippen molar-refractivity contribution in [2.75, 3.05) is 19.0 Å². The molecule has 4 heteroatoms. The number of anilines is 1. The number of nitrogens with zero attached hydrogens (tertiary/aromatic N) is 1. The van der Waals surface area contributed by atoms with E-state index in [0.29, 0.717) is 0 Å². The molecule has 0 radical (unpaired) electrons. The normalized spacial score (nSPS) is 10.6. The summed E-state index contributed by atoms with van der Waals surface area (Å²) >= 11 is 9.88. The van der Waals surface area contributed by atoms with E-state index in [1.807, 2.05) is 25.2 Å². The van der Waals surface area contributed by atoms with Crippen molar-refractivity contribution >= 4 is 33.2 Å². The number of nitrogens with one attached hydrogen (secondary N) is 1. The smallest absolute Gasteiger partial charge is 0.0642 e. The Bertz CT molecular complexity index is 586. The first-order valence-corrected chi connectivity index (χ1v) is 7.66. The van der Waals surface area contributed by atoms with Gasteiger partial charge in [0, 0.05) is 24.6 Å². The van der Waals surface area contributed by atoms with E-state index in [9.17, 15) is 0 Å². The second-order valence-corrected chi connectivity index (χ2v) is 6.12. The van der Waals surface area contributed by atoms with Crippen LogP contribution >= 0.6 is 27.5 Å². The monoisotopic (exact) mass is 352 g/mol. The summed E-state index contributed by atoms with van der Waals surface area (Å²) in [5, 5.41) is 3.92. The van der Waals surface area contributed by atoms with Crippen molar-refractivity contribution in [2.45, 2.75) is 13.1 Å². The van der Waals surface area contributed by atoms with E-state index < -0.39 is 0 Å². The Morgan fingerprint density at radius 3 is 2.60 bits per heavy atom. The first kappa shape index (κ1) is 15.4. The van der Waals surface area contributed by atoms with E-state index >= 15 is 0 Å². The van der Waals surface area contributed by atoms with Crippen LogP contribution in [0, 0.1) is 0 Å². The maximum Gasteiger partial charge on any atom is 0.0642 e. The molecule has 0 saturated carbocycles. The van der Waals surface area contributed by atoms with Gasteiger partial charge >= 0.3 is 0 Å². The highest BCUT2D eigenvalue weighted by atomic mass is 79.9. The van der Waals surface area contributed by atoms with Crippen LogP contribution in [0.15, 0.2) is 46.9 Å². The molecule has 0 atom stereocenters. The summed E-state index contributed by atoms with van der Waals surface area (Å²) in [4.78, 5) is 2.16. The molecule has 0 heterocycles. The fourth-order valence-electron chi connectivity index (χ4n) is 2.17. The van der Waals surface area contributed by atoms with E-state index in [1.165, 1.54) is 11.1 Å². The van der Waals surface area contributed by atoms with Crippen LogP contribution in [0.1, 0.15) is 11.1 Å². The Hall–Kier alpha value is -1.03. The molecule has 1 N–H and O–H groups in total. The number of benzene rings is 2. The summed E-state index contributed by atoms with van der Waals surface area (Å²) in [6.45, 7) is 1.65. The average molecular weight is 354 g/mol. The van der Waals surface area contributed by atoms with Crippen molar-refractivity contribution in [3.63, 3.8) is 0 Å². The molecule has 0 fully saturated rings. The maximum atomic E-state index is 6.38. The van der Waals surface area contributed by atoms with Crippen LogP contribution in [0.2, 0.25) is 5.02 Å². The van der Waals surface area contributed by atoms with Crippen molar-refractivity contribution in [2.24, 2.45) is 0 Å². The first-order chi connectivity index (χ1) is 9.60. The topological polar surface area (TPSA) is 15.3 Å². The van der Waals surface area contributed by atoms with Crippen molar-refractivity contribution in [3.05, 3.63) is 63.1 Å². The number of halogens is 2. The molecule has 0 aromatic heterocycles. The van der Waals surface area contributed by atoms with Gasteiger partial charge in [0.25, 0.3) is 0 Å². The Labute approximate surface area is 133 Å². The standard InChI is InChI=1S/C16H18BrClN2/c1-19-10-12-6-7-16(15(18)9-12)20(2)11-13-4-3-5-14(17)8-13/h3-9,19H,10-11H2,1-2H3. The lowest BCUT2D eigenvalue weighted by Crippen LogP contribution is -2.17. The van der Waals surface area contributed by atoms with E-state index in [0.717, 1.165) is 28.3 Å². The third-order valence-electron chi connectivity index (χ3n) is 3.11. The van der Waals surface area contributed by atoms with Crippen LogP contribution in [0.3, 0.4) is 0 Å². The largest absolute Gasteiger partial charge is 0.369 e. The first-order valence-electron chi connectivity index (χ1n) is 6.49. The molecular formula is C16H18BrClN2. The average Bonchev–Trinajstić information content (AvgIpc) is 2.39. The van der Waals surface area contributed by atoms with Gasteiger partial charge in [-0.15, -0.1) is 0 Å². The summed E-state index contributed by atoms with van der Waals surface area (Å²) in [5.74, 6) is 0. The summed E-state index contributed by atoms with van der Waals surface area (Å²) in [7, 11) is 3.99. The summed E-state index contributed by atoms with van der Waals surface area (Å²) < 4.78 is 1.10. The van der Waals surface area contributed by atoms with Crippen LogP contribution in [-0.4, -0.2) is 14.1 Å². The van der Waals surface area contributed by atoms with Gasteiger partial charge in [-0.1, -0.05) is 45.7 Å². The molecule has 0 aliphatic rings. The minimum atomic E-state index is 0.787. The molecule has 20 heavy (non-hydrogen) atoms. The maximum absolute atomic E-state index is 6.38. The third-order valence-corrected chi connectivity index (χ3v) is 3.91. The quantitative estimate of drug-likeness (QED) is 0.854. The molecule has 2 aromatic rings. The van der Waals surface area contributed by atoms with Gasteiger partial charge in [-0.25, -0.2) is 0 Å². The highest BCUT2D eigenvalue weighted by Crippen LogP contribution is 2.27. The lowest BCUT2D eigenvalue weighted by atomic mass is 10.1. The van der Waals surface area contributed by atoms with Gasteiger partial charge in [-0.3, -0.25) is 0 Å². The van der Waals surface area contributed by atoms with Gasteiger partial charge in [0.05, 0.1) is 10.7 Å². The molecule has 106 valence electrons. The van der Waals surface area contributed by atoms with E-state index in [4.69, 9.17) is 11.6 Å². The predicted molar refractivity (Wildman–Crippen MR) is 90.5 cm³/mol. The van der Waals surface area contributed by atoms with E-state index in [-0.39, 0.29) is 0 Å². The van der Waals surface area contributed by atoms with Gasteiger partial charge in [0.2, 0.25) is 0 Å². The molecule has 0 bridgehead atoms. The fraction of sp³-hybridized carbons (Fsp3) is 0.250. The molecule has 2 rings (SSSR count). The van der Waals surface area contributed by atoms with E-state index in [1.54, 1.807) is 0 Å². The Morgan fingerprint density at radius 2 is 1.95 bits per heavy atom. The third kappa shape index (κ3) is 3.98. The second-order valence-electron chi connectivity index (χ2n) is 4.80. The number of rotatable bonds is 5. The van der Waals surface area contributed by atoms with Crippen molar-refractivity contribution in [1.82, 2.24) is 5.32 Å². The molecule has 0 spiro atoms. The van der Waals surface area contributed by atoms with Gasteiger partial charge < -0.3 is 10.2 Å². The molecule has 0 unspecified atom stereocenters. The minimum absolute atomic E-state index is 0.787. The summed E-state index contributed by atoms with van der Waals surface area (Å²) in [5.41, 5.74) is 3.49. The second kappa shape index (κ2) is 7.11. The predicted octanol–water partition coefficient (Wildman–Crippen LogP) is 4.46. The Morgan fingerprint density at radius 1 is 1.15 bits per heavy atom. The van der Waals surface area contributed by atoms with Crippen LogP contribution in [-0.2, 0) is 13.1 Å². The van der Waals surface area contributed by atoms with Gasteiger partial charge in [-0.2, -0.15) is 0 Å². The summed E-state index contributed by atoms with van der Waals surface area (Å²) in [6, 6.07) is 14.5. The van der Waals surface area contributed by atoms with Gasteiger partial charge in [-0.05, 0) is 42.4 Å². The zero-order valence-electron chi connectivity index (χ0n) is 11.7. The molecule has 2 aromatic carbocycles. The Balaban J connectivity index is 2.14. The molecule has 0 aliphatic carbocycles. The lowest BCUT2D eigenvalue weighted by molar-refractivity contribution is 0.817. The van der Waals surface area contributed by atoms with Gasteiger partial charge in [0.1, 0.15) is 0 Å². The van der Waals surface area contributed by atoms with Crippen LogP contribution in [0.5, 0.6) is 0 Å². The zero-order valence-corrected chi connectivity index (χ0v) is 14.0. The highest BCUT2D eigenvalue weighted by molar-refractivity contribution is 9.10. The molecule has 0 aliphatic heterocycles.